The van der Waals surface area contributed by atoms with Crippen molar-refractivity contribution in [1.29, 1.82) is 5.26 Å². The summed E-state index contributed by atoms with van der Waals surface area (Å²) in [6.07, 6.45) is 1.43. The van der Waals surface area contributed by atoms with Crippen LogP contribution in [0.15, 0.2) is 24.4 Å². The van der Waals surface area contributed by atoms with Gasteiger partial charge in [0.2, 0.25) is 0 Å². The predicted molar refractivity (Wildman–Crippen MR) is 85.1 cm³/mol. The molecule has 24 heavy (non-hydrogen) atoms. The van der Waals surface area contributed by atoms with Crippen LogP contribution in [0.2, 0.25) is 0 Å². The number of anilines is 2. The number of ether oxygens (including phenoxy) is 2. The van der Waals surface area contributed by atoms with E-state index in [4.69, 9.17) is 15.2 Å². The molecule has 0 unspecified atom stereocenters. The molecule has 8 heteroatoms. The molecule has 8 nitrogen and oxygen atoms in total. The van der Waals surface area contributed by atoms with E-state index in [1.165, 1.54) is 22.8 Å². The number of esters is 1. The lowest BCUT2D eigenvalue weighted by Gasteiger charge is -2.28. The smallest absolute Gasteiger partial charge is 0.357 e. The van der Waals surface area contributed by atoms with Gasteiger partial charge >= 0.3 is 5.97 Å². The first kappa shape index (κ1) is 15.4. The minimum absolute atomic E-state index is 0.0210. The number of nitriles is 1. The van der Waals surface area contributed by atoms with Crippen LogP contribution >= 0.6 is 0 Å². The van der Waals surface area contributed by atoms with E-state index in [0.717, 1.165) is 0 Å². The zero-order valence-electron chi connectivity index (χ0n) is 13.1. The molecule has 0 bridgehead atoms. The normalized spacial score (nSPS) is 13.0. The van der Waals surface area contributed by atoms with Gasteiger partial charge in [-0.2, -0.15) is 5.26 Å². The quantitative estimate of drug-likeness (QED) is 0.827. The molecule has 1 aliphatic heterocycles. The molecule has 0 saturated carbocycles. The summed E-state index contributed by atoms with van der Waals surface area (Å²) in [5.41, 5.74) is 7.06. The zero-order chi connectivity index (χ0) is 17.4. The van der Waals surface area contributed by atoms with E-state index in [1.807, 2.05) is 6.07 Å². The maximum Gasteiger partial charge on any atom is 0.357 e. The Hall–Kier alpha value is -3.47. The third-order valence-electron chi connectivity index (χ3n) is 3.84. The molecular formula is C16H14N4O4. The number of amides is 1. The number of hydrogen-bond donors (Lipinski definition) is 1. The van der Waals surface area contributed by atoms with Gasteiger partial charge in [-0.05, 0) is 12.1 Å². The monoisotopic (exact) mass is 326 g/mol. The van der Waals surface area contributed by atoms with Crippen molar-refractivity contribution in [2.45, 2.75) is 0 Å². The molecule has 3 rings (SSSR count). The minimum Gasteiger partial charge on any atom is -0.481 e. The summed E-state index contributed by atoms with van der Waals surface area (Å²) in [6, 6.07) is 7.08. The van der Waals surface area contributed by atoms with Crippen molar-refractivity contribution in [2.75, 3.05) is 31.4 Å². The fourth-order valence-electron chi connectivity index (χ4n) is 2.62. The fourth-order valence-corrected chi connectivity index (χ4v) is 2.62. The lowest BCUT2D eigenvalue weighted by atomic mass is 10.2. The number of hydrogen-bond acceptors (Lipinski definition) is 6. The lowest BCUT2D eigenvalue weighted by Crippen LogP contribution is -2.36. The number of nitrogens with zero attached hydrogens (tertiary/aromatic N) is 3. The Balaban J connectivity index is 2.31. The van der Waals surface area contributed by atoms with Gasteiger partial charge in [0.15, 0.2) is 12.3 Å². The Bertz CT molecular complexity index is 894. The molecule has 0 aliphatic carbocycles. The van der Waals surface area contributed by atoms with Crippen LogP contribution in [0.5, 0.6) is 5.75 Å². The van der Waals surface area contributed by atoms with Gasteiger partial charge in [0.05, 0.1) is 24.0 Å². The number of aromatic nitrogens is 1. The molecule has 1 aromatic carbocycles. The largest absolute Gasteiger partial charge is 0.481 e. The van der Waals surface area contributed by atoms with Crippen molar-refractivity contribution in [2.24, 2.45) is 0 Å². The number of carbonyl (C=O) groups excluding carboxylic acids is 2. The molecular weight excluding hydrogens is 312 g/mol. The Morgan fingerprint density at radius 1 is 1.46 bits per heavy atom. The number of para-hydroxylation sites is 1. The van der Waals surface area contributed by atoms with Crippen molar-refractivity contribution in [3.8, 4) is 17.5 Å². The maximum atomic E-state index is 12.1. The van der Waals surface area contributed by atoms with Gasteiger partial charge in [-0.25, -0.2) is 4.79 Å². The summed E-state index contributed by atoms with van der Waals surface area (Å²) in [7, 11) is 2.84. The second-order valence-electron chi connectivity index (χ2n) is 5.14. The van der Waals surface area contributed by atoms with Crippen LogP contribution in [-0.4, -0.2) is 37.2 Å². The number of nitrogen functional groups attached to an aromatic ring is 1. The van der Waals surface area contributed by atoms with Crippen LogP contribution < -0.4 is 15.4 Å². The molecule has 0 saturated heterocycles. The van der Waals surface area contributed by atoms with Crippen LogP contribution in [0.25, 0.3) is 5.69 Å². The zero-order valence-corrected chi connectivity index (χ0v) is 13.1. The van der Waals surface area contributed by atoms with Crippen LogP contribution in [0.1, 0.15) is 16.1 Å². The SMILES string of the molecule is COC(=O)c1c(N)c(C#N)cn1-c1cccc2c1N(C)C(=O)CO2. The van der Waals surface area contributed by atoms with E-state index >= 15 is 0 Å². The number of likely N-dealkylation sites (N-methyl/N-ethyl adjacent to an activating group) is 1. The van der Waals surface area contributed by atoms with Crippen molar-refractivity contribution < 1.29 is 19.1 Å². The minimum atomic E-state index is -0.683. The van der Waals surface area contributed by atoms with E-state index in [1.54, 1.807) is 25.2 Å². The van der Waals surface area contributed by atoms with Crippen molar-refractivity contribution in [1.82, 2.24) is 4.57 Å². The molecule has 2 aromatic rings. The highest BCUT2D eigenvalue weighted by Crippen LogP contribution is 2.38. The number of carbonyl (C=O) groups is 2. The second kappa shape index (κ2) is 5.62. The van der Waals surface area contributed by atoms with E-state index in [2.05, 4.69) is 0 Å². The van der Waals surface area contributed by atoms with Gasteiger partial charge in [-0.3, -0.25) is 4.79 Å². The number of fused-ring (bicyclic) bond motifs is 1. The fraction of sp³-hybridized carbons (Fsp3) is 0.188. The summed E-state index contributed by atoms with van der Waals surface area (Å²) in [6.45, 7) is -0.0614. The van der Waals surface area contributed by atoms with Crippen LogP contribution in [0.3, 0.4) is 0 Å². The average molecular weight is 326 g/mol. The molecule has 2 heterocycles. The average Bonchev–Trinajstić information content (AvgIpc) is 2.93. The van der Waals surface area contributed by atoms with Crippen LogP contribution in [-0.2, 0) is 9.53 Å². The number of methoxy groups -OCH3 is 1. The summed E-state index contributed by atoms with van der Waals surface area (Å²) in [4.78, 5) is 25.5. The highest BCUT2D eigenvalue weighted by Gasteiger charge is 2.29. The van der Waals surface area contributed by atoms with Crippen LogP contribution in [0.4, 0.5) is 11.4 Å². The second-order valence-corrected chi connectivity index (χ2v) is 5.14. The molecule has 122 valence electrons. The topological polar surface area (TPSA) is 111 Å². The van der Waals surface area contributed by atoms with Gasteiger partial charge in [0.25, 0.3) is 5.91 Å². The lowest BCUT2D eigenvalue weighted by molar-refractivity contribution is -0.120. The summed E-state index contributed by atoms with van der Waals surface area (Å²) >= 11 is 0. The molecule has 1 aromatic heterocycles. The molecule has 0 fully saturated rings. The van der Waals surface area contributed by atoms with Gasteiger partial charge < -0.3 is 24.7 Å². The Labute approximate surface area is 137 Å². The van der Waals surface area contributed by atoms with E-state index in [0.29, 0.717) is 17.1 Å². The van der Waals surface area contributed by atoms with E-state index < -0.39 is 5.97 Å². The number of rotatable bonds is 2. The highest BCUT2D eigenvalue weighted by atomic mass is 16.5. The first-order valence-corrected chi connectivity index (χ1v) is 7.01. The first-order chi connectivity index (χ1) is 11.5. The van der Waals surface area contributed by atoms with Crippen LogP contribution in [0, 0.1) is 11.3 Å². The van der Waals surface area contributed by atoms with Gasteiger partial charge in [-0.1, -0.05) is 6.07 Å². The molecule has 1 amide bonds. The maximum absolute atomic E-state index is 12.1. The van der Waals surface area contributed by atoms with Crippen molar-refractivity contribution in [3.05, 3.63) is 35.7 Å². The van der Waals surface area contributed by atoms with E-state index in [9.17, 15) is 14.9 Å². The standard InChI is InChI=1S/C16H14N4O4/c1-19-12(21)8-24-11-5-3-4-10(14(11)19)20-7-9(6-17)13(18)15(20)16(22)23-2/h3-5,7H,8,18H2,1-2H3. The Kier molecular flexibility index (Phi) is 3.62. The third kappa shape index (κ3) is 2.14. The van der Waals surface area contributed by atoms with Crippen molar-refractivity contribution >= 4 is 23.3 Å². The molecule has 2 N–H and O–H groups in total. The van der Waals surface area contributed by atoms with E-state index in [-0.39, 0.29) is 29.5 Å². The number of nitrogens with two attached hydrogens (primary N) is 1. The third-order valence-corrected chi connectivity index (χ3v) is 3.84. The summed E-state index contributed by atoms with van der Waals surface area (Å²) in [5.74, 6) is -0.413. The van der Waals surface area contributed by atoms with Gasteiger partial charge in [0, 0.05) is 13.2 Å². The number of benzene rings is 1. The highest BCUT2D eigenvalue weighted by molar-refractivity contribution is 6.01. The first-order valence-electron chi connectivity index (χ1n) is 7.01. The summed E-state index contributed by atoms with van der Waals surface area (Å²) < 4.78 is 11.7. The molecule has 1 aliphatic rings. The Morgan fingerprint density at radius 2 is 2.21 bits per heavy atom. The van der Waals surface area contributed by atoms with Gasteiger partial charge in [-0.15, -0.1) is 0 Å². The molecule has 0 spiro atoms. The van der Waals surface area contributed by atoms with Crippen molar-refractivity contribution in [3.63, 3.8) is 0 Å². The predicted octanol–water partition coefficient (Wildman–Crippen LogP) is 1.07. The Morgan fingerprint density at radius 3 is 2.88 bits per heavy atom. The van der Waals surface area contributed by atoms with Gasteiger partial charge in [0.1, 0.15) is 17.5 Å². The summed E-state index contributed by atoms with van der Waals surface area (Å²) in [5, 5.41) is 9.21. The molecule has 0 atom stereocenters. The molecule has 0 radical (unpaired) electrons.